The molecule has 0 aromatic rings. The molecular formula is C11H18O4. The summed E-state index contributed by atoms with van der Waals surface area (Å²) in [5.41, 5.74) is -0.476. The fraction of sp³-hybridized carbons (Fsp3) is 0.818. The summed E-state index contributed by atoms with van der Waals surface area (Å²) < 4.78 is 10.2. The zero-order valence-electron chi connectivity index (χ0n) is 9.54. The van der Waals surface area contributed by atoms with E-state index in [1.165, 1.54) is 0 Å². The van der Waals surface area contributed by atoms with Gasteiger partial charge in [0, 0.05) is 6.42 Å². The van der Waals surface area contributed by atoms with Crippen LogP contribution in [0, 0.1) is 0 Å². The Morgan fingerprint density at radius 3 is 2.73 bits per heavy atom. The predicted octanol–water partition coefficient (Wildman–Crippen LogP) is 1.81. The lowest BCUT2D eigenvalue weighted by Gasteiger charge is -2.24. The van der Waals surface area contributed by atoms with E-state index in [2.05, 4.69) is 0 Å². The van der Waals surface area contributed by atoms with Crippen LogP contribution in [0.25, 0.3) is 0 Å². The zero-order valence-corrected chi connectivity index (χ0v) is 9.54. The largest absolute Gasteiger partial charge is 0.462 e. The number of cyclic esters (lactones) is 1. The molecule has 0 bridgehead atoms. The molecule has 0 radical (unpaired) electrons. The Labute approximate surface area is 89.9 Å². The summed E-state index contributed by atoms with van der Waals surface area (Å²) in [7, 11) is 0. The van der Waals surface area contributed by atoms with Gasteiger partial charge in [0.15, 0.2) is 0 Å². The van der Waals surface area contributed by atoms with Crippen molar-refractivity contribution < 1.29 is 19.1 Å². The maximum absolute atomic E-state index is 11.4. The van der Waals surface area contributed by atoms with Crippen molar-refractivity contribution >= 4 is 11.9 Å². The van der Waals surface area contributed by atoms with E-state index >= 15 is 0 Å². The summed E-state index contributed by atoms with van der Waals surface area (Å²) in [4.78, 5) is 22.4. The Bertz CT molecular complexity index is 252. The highest BCUT2D eigenvalue weighted by atomic mass is 16.6. The van der Waals surface area contributed by atoms with Gasteiger partial charge in [0.05, 0.1) is 6.42 Å². The molecule has 4 nitrogen and oxygen atoms in total. The van der Waals surface area contributed by atoms with Gasteiger partial charge in [0.25, 0.3) is 0 Å². The molecule has 1 saturated heterocycles. The monoisotopic (exact) mass is 214 g/mol. The van der Waals surface area contributed by atoms with Crippen LogP contribution in [0.5, 0.6) is 0 Å². The first-order valence-corrected chi connectivity index (χ1v) is 5.28. The fourth-order valence-electron chi connectivity index (χ4n) is 1.49. The minimum atomic E-state index is -0.476. The van der Waals surface area contributed by atoms with Crippen molar-refractivity contribution in [2.75, 3.05) is 0 Å². The lowest BCUT2D eigenvalue weighted by molar-refractivity contribution is -0.164. The average Bonchev–Trinajstić information content (AvgIpc) is 1.99. The van der Waals surface area contributed by atoms with Gasteiger partial charge >= 0.3 is 11.9 Å². The minimum absolute atomic E-state index is 0.170. The van der Waals surface area contributed by atoms with E-state index in [1.807, 2.05) is 20.8 Å². The van der Waals surface area contributed by atoms with E-state index in [-0.39, 0.29) is 24.5 Å². The molecule has 1 atom stereocenters. The molecule has 0 aliphatic carbocycles. The maximum atomic E-state index is 11.4. The summed E-state index contributed by atoms with van der Waals surface area (Å²) in [5, 5.41) is 0. The van der Waals surface area contributed by atoms with Crippen molar-refractivity contribution in [3.8, 4) is 0 Å². The molecule has 1 rings (SSSR count). The molecular weight excluding hydrogens is 196 g/mol. The van der Waals surface area contributed by atoms with Crippen molar-refractivity contribution in [3.63, 3.8) is 0 Å². The number of carbonyl (C=O) groups is 2. The summed E-state index contributed by atoms with van der Waals surface area (Å²) >= 11 is 0. The van der Waals surface area contributed by atoms with Crippen molar-refractivity contribution in [1.29, 1.82) is 0 Å². The van der Waals surface area contributed by atoms with E-state index in [1.54, 1.807) is 0 Å². The van der Waals surface area contributed by atoms with Gasteiger partial charge in [-0.15, -0.1) is 0 Å². The number of esters is 2. The van der Waals surface area contributed by atoms with Crippen molar-refractivity contribution in [2.24, 2.45) is 0 Å². The number of hydrogen-bond acceptors (Lipinski definition) is 4. The standard InChI is InChI=1S/C11H18O4/c1-11(2,3)15-10(13)7-8-5-4-6-9(12)14-8/h8H,4-7H2,1-3H3/t8-/m1/s1. The molecule has 0 unspecified atom stereocenters. The summed E-state index contributed by atoms with van der Waals surface area (Å²) in [6.07, 6.45) is 1.89. The highest BCUT2D eigenvalue weighted by molar-refractivity contribution is 5.73. The molecule has 0 amide bonds. The van der Waals surface area contributed by atoms with Crippen molar-refractivity contribution in [2.45, 2.75) is 58.2 Å². The molecule has 1 heterocycles. The first kappa shape index (κ1) is 12.0. The van der Waals surface area contributed by atoms with E-state index in [0.29, 0.717) is 6.42 Å². The molecule has 0 N–H and O–H groups in total. The molecule has 86 valence electrons. The topological polar surface area (TPSA) is 52.6 Å². The van der Waals surface area contributed by atoms with Gasteiger partial charge in [-0.1, -0.05) is 0 Å². The van der Waals surface area contributed by atoms with Crippen LogP contribution in [0.3, 0.4) is 0 Å². The SMILES string of the molecule is CC(C)(C)OC(=O)C[C@H]1CCCC(=O)O1. The van der Waals surface area contributed by atoms with Gasteiger partial charge in [0.2, 0.25) is 0 Å². The van der Waals surface area contributed by atoms with Crippen LogP contribution in [0.15, 0.2) is 0 Å². The summed E-state index contributed by atoms with van der Waals surface area (Å²) in [6.45, 7) is 5.45. The summed E-state index contributed by atoms with van der Waals surface area (Å²) in [6, 6.07) is 0. The van der Waals surface area contributed by atoms with E-state index < -0.39 is 5.60 Å². The quantitative estimate of drug-likeness (QED) is 0.658. The van der Waals surface area contributed by atoms with Crippen LogP contribution in [0.2, 0.25) is 0 Å². The third kappa shape index (κ3) is 4.81. The molecule has 1 aliphatic rings. The molecule has 0 aromatic carbocycles. The van der Waals surface area contributed by atoms with E-state index in [0.717, 1.165) is 12.8 Å². The second-order valence-corrected chi connectivity index (χ2v) is 4.79. The zero-order chi connectivity index (χ0) is 11.5. The van der Waals surface area contributed by atoms with Crippen molar-refractivity contribution in [1.82, 2.24) is 0 Å². The van der Waals surface area contributed by atoms with Crippen LogP contribution in [0.1, 0.15) is 46.5 Å². The predicted molar refractivity (Wildman–Crippen MR) is 54.2 cm³/mol. The second kappa shape index (κ2) is 4.64. The van der Waals surface area contributed by atoms with E-state index in [4.69, 9.17) is 9.47 Å². The molecule has 1 aliphatic heterocycles. The Kier molecular flexibility index (Phi) is 3.72. The van der Waals surface area contributed by atoms with Crippen LogP contribution >= 0.6 is 0 Å². The van der Waals surface area contributed by atoms with Gasteiger partial charge in [-0.05, 0) is 33.6 Å². The smallest absolute Gasteiger partial charge is 0.310 e. The van der Waals surface area contributed by atoms with Crippen LogP contribution in [-0.4, -0.2) is 23.6 Å². The van der Waals surface area contributed by atoms with Gasteiger partial charge < -0.3 is 9.47 Å². The third-order valence-electron chi connectivity index (χ3n) is 2.02. The number of rotatable bonds is 2. The van der Waals surface area contributed by atoms with Gasteiger partial charge in [-0.3, -0.25) is 9.59 Å². The minimum Gasteiger partial charge on any atom is -0.462 e. The van der Waals surface area contributed by atoms with Crippen LogP contribution in [0.4, 0.5) is 0 Å². The Balaban J connectivity index is 2.34. The Morgan fingerprint density at radius 1 is 1.53 bits per heavy atom. The van der Waals surface area contributed by atoms with Crippen LogP contribution < -0.4 is 0 Å². The Morgan fingerprint density at radius 2 is 2.20 bits per heavy atom. The highest BCUT2D eigenvalue weighted by Crippen LogP contribution is 2.18. The first-order valence-electron chi connectivity index (χ1n) is 5.28. The van der Waals surface area contributed by atoms with Crippen molar-refractivity contribution in [3.05, 3.63) is 0 Å². The number of ether oxygens (including phenoxy) is 2. The third-order valence-corrected chi connectivity index (χ3v) is 2.02. The first-order chi connectivity index (χ1) is 6.87. The molecule has 1 fully saturated rings. The van der Waals surface area contributed by atoms with Gasteiger partial charge in [0.1, 0.15) is 11.7 Å². The lowest BCUT2D eigenvalue weighted by atomic mass is 10.1. The normalized spacial score (nSPS) is 22.1. The number of carbonyl (C=O) groups excluding carboxylic acids is 2. The molecule has 4 heteroatoms. The van der Waals surface area contributed by atoms with E-state index in [9.17, 15) is 9.59 Å². The highest BCUT2D eigenvalue weighted by Gasteiger charge is 2.25. The Hall–Kier alpha value is -1.06. The molecule has 0 spiro atoms. The molecule has 0 aromatic heterocycles. The van der Waals surface area contributed by atoms with Gasteiger partial charge in [-0.25, -0.2) is 0 Å². The lowest BCUT2D eigenvalue weighted by Crippen LogP contribution is -2.30. The summed E-state index contributed by atoms with van der Waals surface area (Å²) in [5.74, 6) is -0.517. The molecule has 15 heavy (non-hydrogen) atoms. The fourth-order valence-corrected chi connectivity index (χ4v) is 1.49. The second-order valence-electron chi connectivity index (χ2n) is 4.79. The maximum Gasteiger partial charge on any atom is 0.310 e. The van der Waals surface area contributed by atoms with Gasteiger partial charge in [-0.2, -0.15) is 0 Å². The molecule has 0 saturated carbocycles. The van der Waals surface area contributed by atoms with Crippen LogP contribution in [-0.2, 0) is 19.1 Å². The average molecular weight is 214 g/mol. The number of hydrogen-bond donors (Lipinski definition) is 0.